The fraction of sp³-hybridized carbons (Fsp3) is 0.100. The van der Waals surface area contributed by atoms with Crippen molar-refractivity contribution in [3.05, 3.63) is 73.1 Å². The molecule has 4 rings (SSSR count). The molecule has 0 amide bonds. The maximum Gasteiger partial charge on any atom is 0.187 e. The predicted molar refractivity (Wildman–Crippen MR) is 99.0 cm³/mol. The quantitative estimate of drug-likeness (QED) is 0.551. The molecule has 0 fully saturated rings. The van der Waals surface area contributed by atoms with Crippen LogP contribution < -0.4 is 4.74 Å². The first-order valence-electron chi connectivity index (χ1n) is 8.38. The van der Waals surface area contributed by atoms with Crippen LogP contribution >= 0.6 is 0 Å². The lowest BCUT2D eigenvalue weighted by Crippen LogP contribution is -2.02. The first-order valence-corrected chi connectivity index (χ1v) is 8.38. The van der Waals surface area contributed by atoms with Crippen molar-refractivity contribution < 1.29 is 4.74 Å². The number of hydrogen-bond acceptors (Lipinski definition) is 5. The zero-order valence-electron chi connectivity index (χ0n) is 14.3. The Kier molecular flexibility index (Phi) is 4.38. The minimum Gasteiger partial charge on any atom is -0.494 e. The molecule has 128 valence electrons. The van der Waals surface area contributed by atoms with Crippen molar-refractivity contribution in [2.24, 2.45) is 0 Å². The van der Waals surface area contributed by atoms with Gasteiger partial charge in [0.05, 0.1) is 6.61 Å². The second kappa shape index (κ2) is 7.14. The SMILES string of the molecule is CCOc1ccc(-n2c(-c3ccccn3)nnc2-c2ccccn2)cc1. The molecule has 3 aromatic heterocycles. The first kappa shape index (κ1) is 16.0. The Balaban J connectivity index is 1.88. The molecule has 0 atom stereocenters. The van der Waals surface area contributed by atoms with Gasteiger partial charge in [0, 0.05) is 18.1 Å². The van der Waals surface area contributed by atoms with Crippen LogP contribution in [0, 0.1) is 0 Å². The van der Waals surface area contributed by atoms with Gasteiger partial charge < -0.3 is 4.74 Å². The van der Waals surface area contributed by atoms with Gasteiger partial charge in [-0.1, -0.05) is 12.1 Å². The third-order valence-electron chi connectivity index (χ3n) is 3.86. The van der Waals surface area contributed by atoms with Crippen molar-refractivity contribution in [3.8, 4) is 34.5 Å². The highest BCUT2D eigenvalue weighted by Gasteiger charge is 2.18. The van der Waals surface area contributed by atoms with Gasteiger partial charge in [-0.25, -0.2) is 0 Å². The molecule has 0 bridgehead atoms. The minimum atomic E-state index is 0.629. The molecule has 0 saturated carbocycles. The van der Waals surface area contributed by atoms with E-state index in [1.807, 2.05) is 72.2 Å². The van der Waals surface area contributed by atoms with Crippen molar-refractivity contribution in [1.29, 1.82) is 0 Å². The van der Waals surface area contributed by atoms with E-state index in [2.05, 4.69) is 20.2 Å². The van der Waals surface area contributed by atoms with Gasteiger partial charge in [0.1, 0.15) is 17.1 Å². The second-order valence-corrected chi connectivity index (χ2v) is 5.54. The molecule has 0 radical (unpaired) electrons. The van der Waals surface area contributed by atoms with Crippen LogP contribution in [-0.4, -0.2) is 31.3 Å². The first-order chi connectivity index (χ1) is 12.9. The molecule has 6 nitrogen and oxygen atoms in total. The number of pyridine rings is 2. The van der Waals surface area contributed by atoms with Gasteiger partial charge in [0.2, 0.25) is 0 Å². The van der Waals surface area contributed by atoms with E-state index in [1.165, 1.54) is 0 Å². The maximum absolute atomic E-state index is 5.54. The molecular weight excluding hydrogens is 326 g/mol. The Hall–Kier alpha value is -3.54. The number of nitrogens with zero attached hydrogens (tertiary/aromatic N) is 5. The monoisotopic (exact) mass is 343 g/mol. The van der Waals surface area contributed by atoms with Gasteiger partial charge in [0.25, 0.3) is 0 Å². The second-order valence-electron chi connectivity index (χ2n) is 5.54. The molecule has 0 aliphatic rings. The Labute approximate surface area is 151 Å². The lowest BCUT2D eigenvalue weighted by molar-refractivity contribution is 0.340. The van der Waals surface area contributed by atoms with Gasteiger partial charge in [-0.05, 0) is 55.5 Å². The average molecular weight is 343 g/mol. The van der Waals surface area contributed by atoms with Crippen molar-refractivity contribution in [2.45, 2.75) is 6.92 Å². The van der Waals surface area contributed by atoms with Crippen molar-refractivity contribution in [3.63, 3.8) is 0 Å². The summed E-state index contributed by atoms with van der Waals surface area (Å²) in [5.41, 5.74) is 2.41. The summed E-state index contributed by atoms with van der Waals surface area (Å²) in [5, 5.41) is 8.75. The topological polar surface area (TPSA) is 65.7 Å². The van der Waals surface area contributed by atoms with Gasteiger partial charge in [-0.2, -0.15) is 0 Å². The van der Waals surface area contributed by atoms with E-state index in [0.29, 0.717) is 18.3 Å². The highest BCUT2D eigenvalue weighted by Crippen LogP contribution is 2.27. The Morgan fingerprint density at radius 3 is 1.81 bits per heavy atom. The standard InChI is InChI=1S/C20H17N5O/c1-2-26-16-11-9-15(10-12-16)25-19(17-7-3-5-13-21-17)23-24-20(25)18-8-4-6-14-22-18/h3-14H,2H2,1H3. The zero-order chi connectivity index (χ0) is 17.8. The van der Waals surface area contributed by atoms with Crippen molar-refractivity contribution >= 4 is 0 Å². The normalized spacial score (nSPS) is 10.7. The van der Waals surface area contributed by atoms with Crippen molar-refractivity contribution in [1.82, 2.24) is 24.7 Å². The number of benzene rings is 1. The third kappa shape index (κ3) is 3.04. The van der Waals surface area contributed by atoms with Crippen LogP contribution in [-0.2, 0) is 0 Å². The van der Waals surface area contributed by atoms with Crippen LogP contribution in [0.15, 0.2) is 73.1 Å². The van der Waals surface area contributed by atoms with Gasteiger partial charge >= 0.3 is 0 Å². The summed E-state index contributed by atoms with van der Waals surface area (Å²) in [4.78, 5) is 8.84. The Morgan fingerprint density at radius 1 is 0.769 bits per heavy atom. The molecule has 0 saturated heterocycles. The van der Waals surface area contributed by atoms with Crippen LogP contribution in [0.3, 0.4) is 0 Å². The summed E-state index contributed by atoms with van der Waals surface area (Å²) in [6.45, 7) is 2.59. The van der Waals surface area contributed by atoms with Crippen molar-refractivity contribution in [2.75, 3.05) is 6.61 Å². The lowest BCUT2D eigenvalue weighted by atomic mass is 10.2. The fourth-order valence-electron chi connectivity index (χ4n) is 2.71. The summed E-state index contributed by atoms with van der Waals surface area (Å²) < 4.78 is 7.50. The van der Waals surface area contributed by atoms with E-state index in [1.54, 1.807) is 12.4 Å². The highest BCUT2D eigenvalue weighted by molar-refractivity contribution is 5.62. The Morgan fingerprint density at radius 2 is 1.35 bits per heavy atom. The summed E-state index contributed by atoms with van der Waals surface area (Å²) in [5.74, 6) is 2.15. The van der Waals surface area contributed by atoms with Crippen LogP contribution in [0.2, 0.25) is 0 Å². The molecule has 0 N–H and O–H groups in total. The molecule has 0 aliphatic heterocycles. The van der Waals surface area contributed by atoms with Gasteiger partial charge in [-0.15, -0.1) is 10.2 Å². The molecule has 0 unspecified atom stereocenters. The number of hydrogen-bond donors (Lipinski definition) is 0. The molecule has 4 aromatic rings. The van der Waals surface area contributed by atoms with Crippen LogP contribution in [0.25, 0.3) is 28.7 Å². The smallest absolute Gasteiger partial charge is 0.187 e. The third-order valence-corrected chi connectivity index (χ3v) is 3.86. The summed E-state index contributed by atoms with van der Waals surface area (Å²) in [6.07, 6.45) is 3.49. The zero-order valence-corrected chi connectivity index (χ0v) is 14.3. The van der Waals surface area contributed by atoms with Crippen LogP contribution in [0.1, 0.15) is 6.92 Å². The molecule has 1 aromatic carbocycles. The van der Waals surface area contributed by atoms with E-state index in [9.17, 15) is 0 Å². The Bertz CT molecular complexity index is 925. The number of ether oxygens (including phenoxy) is 1. The number of rotatable bonds is 5. The summed E-state index contributed by atoms with van der Waals surface area (Å²) in [7, 11) is 0. The van der Waals surface area contributed by atoms with E-state index in [0.717, 1.165) is 22.8 Å². The molecule has 0 spiro atoms. The van der Waals surface area contributed by atoms with Crippen LogP contribution in [0.4, 0.5) is 0 Å². The minimum absolute atomic E-state index is 0.629. The van der Waals surface area contributed by atoms with E-state index in [4.69, 9.17) is 4.74 Å². The van der Waals surface area contributed by atoms with Crippen LogP contribution in [0.5, 0.6) is 5.75 Å². The lowest BCUT2D eigenvalue weighted by Gasteiger charge is -2.11. The molecular formula is C20H17N5O. The highest BCUT2D eigenvalue weighted by atomic mass is 16.5. The average Bonchev–Trinajstić information content (AvgIpc) is 3.15. The molecule has 3 heterocycles. The van der Waals surface area contributed by atoms with Gasteiger partial charge in [-0.3, -0.25) is 14.5 Å². The van der Waals surface area contributed by atoms with E-state index < -0.39 is 0 Å². The molecule has 6 heteroatoms. The molecule has 0 aliphatic carbocycles. The fourth-order valence-corrected chi connectivity index (χ4v) is 2.71. The largest absolute Gasteiger partial charge is 0.494 e. The maximum atomic E-state index is 5.54. The predicted octanol–water partition coefficient (Wildman–Crippen LogP) is 3.79. The summed E-state index contributed by atoms with van der Waals surface area (Å²) in [6, 6.07) is 19.3. The summed E-state index contributed by atoms with van der Waals surface area (Å²) >= 11 is 0. The van der Waals surface area contributed by atoms with Gasteiger partial charge in [0.15, 0.2) is 11.6 Å². The number of aromatic nitrogens is 5. The van der Waals surface area contributed by atoms with E-state index in [-0.39, 0.29) is 0 Å². The molecule has 26 heavy (non-hydrogen) atoms. The van der Waals surface area contributed by atoms with E-state index >= 15 is 0 Å².